The molecule has 1 aromatic carbocycles. The fourth-order valence-electron chi connectivity index (χ4n) is 1.29. The van der Waals surface area contributed by atoms with Crippen LogP contribution in [0.25, 0.3) is 0 Å². The van der Waals surface area contributed by atoms with Crippen molar-refractivity contribution in [1.29, 1.82) is 0 Å². The minimum absolute atomic E-state index is 0.0762. The van der Waals surface area contributed by atoms with Crippen molar-refractivity contribution < 1.29 is 23.4 Å². The highest BCUT2D eigenvalue weighted by Gasteiger charge is 2.06. The molecule has 1 aromatic rings. The summed E-state index contributed by atoms with van der Waals surface area (Å²) in [4.78, 5) is 10.3. The zero-order valence-corrected chi connectivity index (χ0v) is 9.69. The molecular weight excluding hydrogens is 246 g/mol. The van der Waals surface area contributed by atoms with Gasteiger partial charge < -0.3 is 20.5 Å². The maximum atomic E-state index is 11.9. The number of amides is 1. The number of rotatable bonds is 6. The lowest BCUT2D eigenvalue weighted by Gasteiger charge is -2.13. The first-order chi connectivity index (χ1) is 8.47. The SMILES string of the molecule is C[C@@H](CNc1ccc(OC(F)F)cc1)NC(=O)O. The van der Waals surface area contributed by atoms with Crippen LogP contribution in [0, 0.1) is 0 Å². The summed E-state index contributed by atoms with van der Waals surface area (Å²) < 4.78 is 28.0. The molecule has 0 heterocycles. The molecule has 0 bridgehead atoms. The third kappa shape index (κ3) is 5.33. The highest BCUT2D eigenvalue weighted by molar-refractivity contribution is 5.64. The fourth-order valence-corrected chi connectivity index (χ4v) is 1.29. The number of carbonyl (C=O) groups is 1. The Bertz CT molecular complexity index is 384. The molecule has 100 valence electrons. The molecular formula is C11H14F2N2O3. The lowest BCUT2D eigenvalue weighted by Crippen LogP contribution is -2.36. The number of anilines is 1. The van der Waals surface area contributed by atoms with Gasteiger partial charge in [0.1, 0.15) is 5.75 Å². The van der Waals surface area contributed by atoms with E-state index in [4.69, 9.17) is 5.11 Å². The molecule has 0 spiro atoms. The van der Waals surface area contributed by atoms with Crippen molar-refractivity contribution in [3.63, 3.8) is 0 Å². The molecule has 0 saturated heterocycles. The van der Waals surface area contributed by atoms with E-state index in [0.717, 1.165) is 0 Å². The zero-order chi connectivity index (χ0) is 13.5. The number of halogens is 2. The topological polar surface area (TPSA) is 70.6 Å². The van der Waals surface area contributed by atoms with Gasteiger partial charge in [-0.05, 0) is 31.2 Å². The molecule has 1 rings (SSSR count). The molecule has 0 saturated carbocycles. The Morgan fingerprint density at radius 3 is 2.50 bits per heavy atom. The van der Waals surface area contributed by atoms with Crippen molar-refractivity contribution in [3.05, 3.63) is 24.3 Å². The molecule has 3 N–H and O–H groups in total. The van der Waals surface area contributed by atoms with Crippen LogP contribution >= 0.6 is 0 Å². The Balaban J connectivity index is 2.41. The molecule has 18 heavy (non-hydrogen) atoms. The van der Waals surface area contributed by atoms with E-state index in [0.29, 0.717) is 12.2 Å². The summed E-state index contributed by atoms with van der Waals surface area (Å²) in [6.45, 7) is -0.750. The lowest BCUT2D eigenvalue weighted by atomic mass is 10.2. The molecule has 0 fully saturated rings. The van der Waals surface area contributed by atoms with Gasteiger partial charge >= 0.3 is 12.7 Å². The van der Waals surface area contributed by atoms with Gasteiger partial charge in [-0.3, -0.25) is 0 Å². The number of ether oxygens (including phenoxy) is 1. The van der Waals surface area contributed by atoms with Gasteiger partial charge in [-0.25, -0.2) is 4.79 Å². The summed E-state index contributed by atoms with van der Waals surface area (Å²) in [6.07, 6.45) is -1.09. The van der Waals surface area contributed by atoms with E-state index in [1.807, 2.05) is 0 Å². The van der Waals surface area contributed by atoms with E-state index in [9.17, 15) is 13.6 Å². The number of alkyl halides is 2. The average molecular weight is 260 g/mol. The predicted octanol–water partition coefficient (Wildman–Crippen LogP) is 2.36. The average Bonchev–Trinajstić information content (AvgIpc) is 2.26. The largest absolute Gasteiger partial charge is 0.465 e. The number of benzene rings is 1. The minimum atomic E-state index is -2.84. The smallest absolute Gasteiger partial charge is 0.404 e. The number of hydrogen-bond donors (Lipinski definition) is 3. The minimum Gasteiger partial charge on any atom is -0.465 e. The maximum absolute atomic E-state index is 11.9. The van der Waals surface area contributed by atoms with Crippen LogP contribution < -0.4 is 15.4 Å². The van der Waals surface area contributed by atoms with Crippen LogP contribution in [0.5, 0.6) is 5.75 Å². The molecule has 0 aliphatic rings. The molecule has 0 aromatic heterocycles. The first-order valence-electron chi connectivity index (χ1n) is 5.25. The summed E-state index contributed by atoms with van der Waals surface area (Å²) in [5, 5.41) is 13.7. The third-order valence-electron chi connectivity index (χ3n) is 2.06. The first kappa shape index (κ1) is 14.0. The molecule has 0 aliphatic carbocycles. The standard InChI is InChI=1S/C11H14F2N2O3/c1-7(15-11(16)17)6-14-8-2-4-9(5-3-8)18-10(12)13/h2-5,7,10,14-15H,6H2,1H3,(H,16,17)/t7-/m0/s1. The van der Waals surface area contributed by atoms with E-state index in [1.54, 1.807) is 19.1 Å². The van der Waals surface area contributed by atoms with Gasteiger partial charge in [-0.15, -0.1) is 0 Å². The van der Waals surface area contributed by atoms with Crippen molar-refractivity contribution in [2.75, 3.05) is 11.9 Å². The van der Waals surface area contributed by atoms with Crippen LogP contribution in [-0.4, -0.2) is 30.4 Å². The van der Waals surface area contributed by atoms with Crippen LogP contribution in [0.3, 0.4) is 0 Å². The van der Waals surface area contributed by atoms with Crippen LogP contribution in [0.15, 0.2) is 24.3 Å². The molecule has 1 atom stereocenters. The van der Waals surface area contributed by atoms with Crippen molar-refractivity contribution >= 4 is 11.8 Å². The molecule has 1 amide bonds. The van der Waals surface area contributed by atoms with E-state index >= 15 is 0 Å². The highest BCUT2D eigenvalue weighted by Crippen LogP contribution is 2.17. The summed E-state index contributed by atoms with van der Waals surface area (Å²) in [5.41, 5.74) is 0.690. The lowest BCUT2D eigenvalue weighted by molar-refractivity contribution is -0.0498. The van der Waals surface area contributed by atoms with Gasteiger partial charge in [0.25, 0.3) is 0 Å². The summed E-state index contributed by atoms with van der Waals surface area (Å²) in [6, 6.07) is 5.70. The maximum Gasteiger partial charge on any atom is 0.404 e. The van der Waals surface area contributed by atoms with E-state index < -0.39 is 12.7 Å². The van der Waals surface area contributed by atoms with Crippen molar-refractivity contribution in [1.82, 2.24) is 5.32 Å². The van der Waals surface area contributed by atoms with Crippen LogP contribution in [-0.2, 0) is 0 Å². The van der Waals surface area contributed by atoms with Crippen molar-refractivity contribution in [3.8, 4) is 5.75 Å². The van der Waals surface area contributed by atoms with Gasteiger partial charge in [0.2, 0.25) is 0 Å². The molecule has 0 radical (unpaired) electrons. The monoisotopic (exact) mass is 260 g/mol. The van der Waals surface area contributed by atoms with Gasteiger partial charge in [0.15, 0.2) is 0 Å². The number of hydrogen-bond acceptors (Lipinski definition) is 3. The molecule has 7 heteroatoms. The summed E-state index contributed by atoms with van der Waals surface area (Å²) in [7, 11) is 0. The van der Waals surface area contributed by atoms with Gasteiger partial charge in [-0.1, -0.05) is 0 Å². The Labute approximate surface area is 103 Å². The van der Waals surface area contributed by atoms with Gasteiger partial charge in [-0.2, -0.15) is 8.78 Å². The van der Waals surface area contributed by atoms with Crippen LogP contribution in [0.2, 0.25) is 0 Å². The van der Waals surface area contributed by atoms with Crippen molar-refractivity contribution in [2.45, 2.75) is 19.6 Å². The van der Waals surface area contributed by atoms with Crippen LogP contribution in [0.4, 0.5) is 19.3 Å². The zero-order valence-electron chi connectivity index (χ0n) is 9.69. The number of nitrogens with one attached hydrogen (secondary N) is 2. The molecule has 0 unspecified atom stereocenters. The summed E-state index contributed by atoms with van der Waals surface area (Å²) in [5.74, 6) is 0.0762. The Morgan fingerprint density at radius 2 is 2.00 bits per heavy atom. The van der Waals surface area contributed by atoms with E-state index in [1.165, 1.54) is 12.1 Å². The second kappa shape index (κ2) is 6.63. The second-order valence-corrected chi connectivity index (χ2v) is 3.63. The van der Waals surface area contributed by atoms with E-state index in [-0.39, 0.29) is 11.8 Å². The molecule has 0 aliphatic heterocycles. The van der Waals surface area contributed by atoms with Crippen LogP contribution in [0.1, 0.15) is 6.92 Å². The first-order valence-corrected chi connectivity index (χ1v) is 5.25. The third-order valence-corrected chi connectivity index (χ3v) is 2.06. The van der Waals surface area contributed by atoms with Gasteiger partial charge in [0.05, 0.1) is 0 Å². The summed E-state index contributed by atoms with van der Waals surface area (Å²) >= 11 is 0. The van der Waals surface area contributed by atoms with Gasteiger partial charge in [0, 0.05) is 18.3 Å². The predicted molar refractivity (Wildman–Crippen MR) is 62.2 cm³/mol. The van der Waals surface area contributed by atoms with Crippen molar-refractivity contribution in [2.24, 2.45) is 0 Å². The number of carboxylic acid groups (broad SMARTS) is 1. The highest BCUT2D eigenvalue weighted by atomic mass is 19.3. The Morgan fingerprint density at radius 1 is 1.39 bits per heavy atom. The Kier molecular flexibility index (Phi) is 5.16. The van der Waals surface area contributed by atoms with E-state index in [2.05, 4.69) is 15.4 Å². The second-order valence-electron chi connectivity index (χ2n) is 3.63. The Hall–Kier alpha value is -2.05. The fraction of sp³-hybridized carbons (Fsp3) is 0.364. The quantitative estimate of drug-likeness (QED) is 0.734. The normalized spacial score (nSPS) is 12.0. The molecule has 5 nitrogen and oxygen atoms in total.